The van der Waals surface area contributed by atoms with E-state index in [0.29, 0.717) is 5.69 Å². The summed E-state index contributed by atoms with van der Waals surface area (Å²) in [5.74, 6) is 0. The summed E-state index contributed by atoms with van der Waals surface area (Å²) in [6, 6.07) is 17.9. The van der Waals surface area contributed by atoms with Crippen LogP contribution in [-0.2, 0) is 10.0 Å². The summed E-state index contributed by atoms with van der Waals surface area (Å²) in [6.45, 7) is 0. The van der Waals surface area contributed by atoms with Crippen LogP contribution in [0.3, 0.4) is 0 Å². The van der Waals surface area contributed by atoms with Gasteiger partial charge in [0.25, 0.3) is 15.7 Å². The lowest BCUT2D eigenvalue weighted by atomic mass is 10.1. The monoisotopic (exact) mass is 342 g/mol. The fourth-order valence-corrected chi connectivity index (χ4v) is 3.60. The number of rotatable bonds is 4. The standard InChI is InChI=1S/C17H14N2O4S/c1-18(16-7-6-13-4-2-3-5-14(13)12-16)24(22,23)17-10-8-15(9-11-17)19(20)21/h2-12H,1H3. The van der Waals surface area contributed by atoms with Crippen molar-refractivity contribution >= 4 is 32.2 Å². The molecule has 0 saturated heterocycles. The summed E-state index contributed by atoms with van der Waals surface area (Å²) in [6.07, 6.45) is 0. The second kappa shape index (κ2) is 5.93. The maximum atomic E-state index is 12.7. The molecule has 0 aliphatic rings. The van der Waals surface area contributed by atoms with Crippen molar-refractivity contribution in [3.8, 4) is 0 Å². The Labute approximate surface area is 139 Å². The molecule has 0 aliphatic heterocycles. The third-order valence-corrected chi connectivity index (χ3v) is 5.60. The quantitative estimate of drug-likeness (QED) is 0.536. The molecule has 6 nitrogen and oxygen atoms in total. The molecule has 0 fully saturated rings. The zero-order valence-corrected chi connectivity index (χ0v) is 13.6. The molecular weight excluding hydrogens is 328 g/mol. The topological polar surface area (TPSA) is 80.5 Å². The Morgan fingerprint density at radius 3 is 2.17 bits per heavy atom. The minimum absolute atomic E-state index is 0.00348. The van der Waals surface area contributed by atoms with E-state index in [1.54, 1.807) is 12.1 Å². The van der Waals surface area contributed by atoms with Gasteiger partial charge >= 0.3 is 0 Å². The normalized spacial score (nSPS) is 11.4. The summed E-state index contributed by atoms with van der Waals surface area (Å²) in [5, 5.41) is 12.6. The molecule has 0 spiro atoms. The Morgan fingerprint density at radius 2 is 1.54 bits per heavy atom. The van der Waals surface area contributed by atoms with E-state index in [0.717, 1.165) is 10.8 Å². The van der Waals surface area contributed by atoms with Crippen molar-refractivity contribution in [2.45, 2.75) is 4.90 Å². The van der Waals surface area contributed by atoms with Gasteiger partial charge in [-0.3, -0.25) is 14.4 Å². The predicted molar refractivity (Wildman–Crippen MR) is 92.6 cm³/mol. The molecule has 0 heterocycles. The lowest BCUT2D eigenvalue weighted by molar-refractivity contribution is -0.384. The first-order valence-corrected chi connectivity index (χ1v) is 8.56. The molecule has 0 N–H and O–H groups in total. The number of hydrogen-bond donors (Lipinski definition) is 0. The van der Waals surface area contributed by atoms with Crippen molar-refractivity contribution in [3.05, 3.63) is 76.8 Å². The van der Waals surface area contributed by atoms with Crippen molar-refractivity contribution in [2.24, 2.45) is 0 Å². The first-order valence-electron chi connectivity index (χ1n) is 7.12. The molecular formula is C17H14N2O4S. The first kappa shape index (κ1) is 15.9. The molecule has 24 heavy (non-hydrogen) atoms. The zero-order chi connectivity index (χ0) is 17.3. The van der Waals surface area contributed by atoms with Crippen molar-refractivity contribution in [1.82, 2.24) is 0 Å². The highest BCUT2D eigenvalue weighted by Gasteiger charge is 2.22. The predicted octanol–water partition coefficient (Wildman–Crippen LogP) is 3.57. The molecule has 0 aliphatic carbocycles. The van der Waals surface area contributed by atoms with Crippen molar-refractivity contribution in [2.75, 3.05) is 11.4 Å². The largest absolute Gasteiger partial charge is 0.269 e. The third-order valence-electron chi connectivity index (χ3n) is 3.80. The maximum absolute atomic E-state index is 12.7. The molecule has 0 aromatic heterocycles. The van der Waals surface area contributed by atoms with Gasteiger partial charge in [-0.15, -0.1) is 0 Å². The van der Waals surface area contributed by atoms with Gasteiger partial charge in [0.2, 0.25) is 0 Å². The second-order valence-electron chi connectivity index (χ2n) is 5.25. The van der Waals surface area contributed by atoms with Crippen LogP contribution in [0.15, 0.2) is 71.6 Å². The SMILES string of the molecule is CN(c1ccc2ccccc2c1)S(=O)(=O)c1ccc([N+](=O)[O-])cc1. The minimum atomic E-state index is -3.79. The summed E-state index contributed by atoms with van der Waals surface area (Å²) in [4.78, 5) is 10.1. The smallest absolute Gasteiger partial charge is 0.269 e. The number of benzene rings is 3. The summed E-state index contributed by atoms with van der Waals surface area (Å²) < 4.78 is 26.6. The van der Waals surface area contributed by atoms with E-state index in [9.17, 15) is 18.5 Å². The lowest BCUT2D eigenvalue weighted by Crippen LogP contribution is -2.26. The highest BCUT2D eigenvalue weighted by Crippen LogP contribution is 2.26. The van der Waals surface area contributed by atoms with Crippen LogP contribution in [-0.4, -0.2) is 20.4 Å². The lowest BCUT2D eigenvalue weighted by Gasteiger charge is -2.20. The maximum Gasteiger partial charge on any atom is 0.269 e. The van der Waals surface area contributed by atoms with Gasteiger partial charge in [-0.05, 0) is 35.0 Å². The van der Waals surface area contributed by atoms with E-state index in [1.807, 2.05) is 30.3 Å². The van der Waals surface area contributed by atoms with Gasteiger partial charge in [0.15, 0.2) is 0 Å². The van der Waals surface area contributed by atoms with E-state index >= 15 is 0 Å². The van der Waals surface area contributed by atoms with Gasteiger partial charge in [-0.25, -0.2) is 8.42 Å². The molecule has 0 amide bonds. The zero-order valence-electron chi connectivity index (χ0n) is 12.8. The molecule has 0 radical (unpaired) electrons. The Hall–Kier alpha value is -2.93. The fraction of sp³-hybridized carbons (Fsp3) is 0.0588. The van der Waals surface area contributed by atoms with Crippen LogP contribution in [0.25, 0.3) is 10.8 Å². The van der Waals surface area contributed by atoms with Gasteiger partial charge in [-0.1, -0.05) is 30.3 Å². The average Bonchev–Trinajstić information content (AvgIpc) is 2.60. The Bertz CT molecular complexity index is 1010. The number of nitro benzene ring substituents is 1. The Kier molecular flexibility index (Phi) is 3.94. The molecule has 3 aromatic carbocycles. The van der Waals surface area contributed by atoms with Crippen LogP contribution in [0.1, 0.15) is 0 Å². The van der Waals surface area contributed by atoms with E-state index in [-0.39, 0.29) is 10.6 Å². The fourth-order valence-electron chi connectivity index (χ4n) is 2.41. The molecule has 122 valence electrons. The van der Waals surface area contributed by atoms with Crippen LogP contribution >= 0.6 is 0 Å². The molecule has 3 aromatic rings. The van der Waals surface area contributed by atoms with Gasteiger partial charge in [0.05, 0.1) is 15.5 Å². The van der Waals surface area contributed by atoms with Crippen LogP contribution in [0, 0.1) is 10.1 Å². The van der Waals surface area contributed by atoms with Crippen molar-refractivity contribution < 1.29 is 13.3 Å². The summed E-state index contributed by atoms with van der Waals surface area (Å²) in [7, 11) is -2.33. The first-order chi connectivity index (χ1) is 11.4. The Balaban J connectivity index is 1.99. The average molecular weight is 342 g/mol. The second-order valence-corrected chi connectivity index (χ2v) is 7.22. The van der Waals surface area contributed by atoms with E-state index < -0.39 is 14.9 Å². The van der Waals surface area contributed by atoms with Gasteiger partial charge < -0.3 is 0 Å². The van der Waals surface area contributed by atoms with Gasteiger partial charge in [0.1, 0.15) is 0 Å². The molecule has 0 unspecified atom stereocenters. The highest BCUT2D eigenvalue weighted by molar-refractivity contribution is 7.92. The third kappa shape index (κ3) is 2.81. The number of sulfonamides is 1. The molecule has 0 saturated carbocycles. The van der Waals surface area contributed by atoms with Crippen LogP contribution < -0.4 is 4.31 Å². The molecule has 3 rings (SSSR count). The number of nitro groups is 1. The van der Waals surface area contributed by atoms with Gasteiger partial charge in [-0.2, -0.15) is 0 Å². The minimum Gasteiger partial charge on any atom is -0.269 e. The summed E-state index contributed by atoms with van der Waals surface area (Å²) in [5.41, 5.74) is 0.370. The highest BCUT2D eigenvalue weighted by atomic mass is 32.2. The van der Waals surface area contributed by atoms with Crippen molar-refractivity contribution in [1.29, 1.82) is 0 Å². The van der Waals surface area contributed by atoms with Crippen LogP contribution in [0.5, 0.6) is 0 Å². The molecule has 0 atom stereocenters. The summed E-state index contributed by atoms with van der Waals surface area (Å²) >= 11 is 0. The number of anilines is 1. The molecule has 7 heteroatoms. The Morgan fingerprint density at radius 1 is 0.917 bits per heavy atom. The molecule has 0 bridgehead atoms. The number of fused-ring (bicyclic) bond motifs is 1. The van der Waals surface area contributed by atoms with Gasteiger partial charge in [0, 0.05) is 19.2 Å². The van der Waals surface area contributed by atoms with E-state index in [4.69, 9.17) is 0 Å². The number of hydrogen-bond acceptors (Lipinski definition) is 4. The van der Waals surface area contributed by atoms with Crippen molar-refractivity contribution in [3.63, 3.8) is 0 Å². The van der Waals surface area contributed by atoms with E-state index in [2.05, 4.69) is 0 Å². The number of nitrogens with zero attached hydrogens (tertiary/aromatic N) is 2. The number of non-ortho nitro benzene ring substituents is 1. The van der Waals surface area contributed by atoms with Crippen LogP contribution in [0.4, 0.5) is 11.4 Å². The van der Waals surface area contributed by atoms with E-state index in [1.165, 1.54) is 35.6 Å². The van der Waals surface area contributed by atoms with Crippen LogP contribution in [0.2, 0.25) is 0 Å².